The topological polar surface area (TPSA) is 63.6 Å². The molecule has 1 atom stereocenters. The van der Waals surface area contributed by atoms with Crippen LogP contribution in [0.5, 0.6) is 0 Å². The number of rotatable bonds is 7. The highest BCUT2D eigenvalue weighted by atomic mass is 16.5. The van der Waals surface area contributed by atoms with Gasteiger partial charge < -0.3 is 9.84 Å². The molecule has 1 fully saturated rings. The molecule has 0 saturated carbocycles. The molecule has 1 aliphatic heterocycles. The number of carbonyl (C=O) groups excluding carboxylic acids is 1. The lowest BCUT2D eigenvalue weighted by Crippen LogP contribution is -2.47. The van der Waals surface area contributed by atoms with Crippen LogP contribution in [0.2, 0.25) is 0 Å². The van der Waals surface area contributed by atoms with Crippen LogP contribution in [0.25, 0.3) is 0 Å². The molecule has 0 aliphatic carbocycles. The van der Waals surface area contributed by atoms with E-state index in [2.05, 4.69) is 6.58 Å². The summed E-state index contributed by atoms with van der Waals surface area (Å²) < 4.78 is 5.18. The van der Waals surface area contributed by atoms with Crippen LogP contribution in [0.1, 0.15) is 38.5 Å². The first-order chi connectivity index (χ1) is 8.13. The number of carbonyl (C=O) groups is 2. The number of Topliss-reactive ketones (excluding diaryl/α,β-unsaturated/α-hetero) is 1. The molecule has 1 heterocycles. The molecule has 0 spiro atoms. The maximum atomic E-state index is 11.8. The SMILES string of the molecule is C=CCCCCCC1(C(=O)O)COCCC1=O. The Kier molecular flexibility index (Phi) is 5.35. The second-order valence-corrected chi connectivity index (χ2v) is 4.50. The number of aliphatic carboxylic acids is 1. The molecule has 0 aromatic heterocycles. The van der Waals surface area contributed by atoms with E-state index in [1.807, 2.05) is 6.08 Å². The normalized spacial score (nSPS) is 24.6. The lowest BCUT2D eigenvalue weighted by atomic mass is 9.77. The molecule has 4 nitrogen and oxygen atoms in total. The van der Waals surface area contributed by atoms with Crippen molar-refractivity contribution in [3.05, 3.63) is 12.7 Å². The van der Waals surface area contributed by atoms with Gasteiger partial charge in [-0.1, -0.05) is 18.9 Å². The largest absolute Gasteiger partial charge is 0.480 e. The Morgan fingerprint density at radius 2 is 2.24 bits per heavy atom. The molecule has 1 unspecified atom stereocenters. The highest BCUT2D eigenvalue weighted by molar-refractivity contribution is 6.03. The minimum Gasteiger partial charge on any atom is -0.480 e. The molecule has 1 N–H and O–H groups in total. The zero-order valence-corrected chi connectivity index (χ0v) is 10.1. The Morgan fingerprint density at radius 1 is 1.47 bits per heavy atom. The van der Waals surface area contributed by atoms with E-state index in [1.165, 1.54) is 0 Å². The van der Waals surface area contributed by atoms with Crippen LogP contribution in [0.4, 0.5) is 0 Å². The number of allylic oxidation sites excluding steroid dienone is 1. The maximum absolute atomic E-state index is 11.8. The van der Waals surface area contributed by atoms with Crippen molar-refractivity contribution in [2.45, 2.75) is 38.5 Å². The molecule has 96 valence electrons. The van der Waals surface area contributed by atoms with Gasteiger partial charge >= 0.3 is 5.97 Å². The van der Waals surface area contributed by atoms with Crippen LogP contribution < -0.4 is 0 Å². The molecule has 0 aromatic carbocycles. The van der Waals surface area contributed by atoms with Crippen LogP contribution in [0.3, 0.4) is 0 Å². The Hall–Kier alpha value is -1.16. The zero-order chi connectivity index (χ0) is 12.7. The number of ether oxygens (including phenoxy) is 1. The van der Waals surface area contributed by atoms with Crippen molar-refractivity contribution in [3.8, 4) is 0 Å². The van der Waals surface area contributed by atoms with Crippen molar-refractivity contribution in [1.29, 1.82) is 0 Å². The van der Waals surface area contributed by atoms with Gasteiger partial charge in [0.2, 0.25) is 0 Å². The van der Waals surface area contributed by atoms with Gasteiger partial charge in [0.1, 0.15) is 5.41 Å². The van der Waals surface area contributed by atoms with Crippen LogP contribution >= 0.6 is 0 Å². The summed E-state index contributed by atoms with van der Waals surface area (Å²) in [6, 6.07) is 0. The summed E-state index contributed by atoms with van der Waals surface area (Å²) in [5.74, 6) is -1.22. The molecule has 1 aliphatic rings. The Labute approximate surface area is 102 Å². The minimum absolute atomic E-state index is 0.0304. The summed E-state index contributed by atoms with van der Waals surface area (Å²) in [5, 5.41) is 9.24. The number of carboxylic acids is 1. The van der Waals surface area contributed by atoms with Crippen LogP contribution in [-0.4, -0.2) is 30.1 Å². The molecule has 1 saturated heterocycles. The molecule has 0 radical (unpaired) electrons. The molecular weight excluding hydrogens is 220 g/mol. The zero-order valence-electron chi connectivity index (χ0n) is 10.1. The van der Waals surface area contributed by atoms with Crippen molar-refractivity contribution in [1.82, 2.24) is 0 Å². The second kappa shape index (κ2) is 6.55. The van der Waals surface area contributed by atoms with E-state index >= 15 is 0 Å². The van der Waals surface area contributed by atoms with Gasteiger partial charge in [-0.15, -0.1) is 6.58 Å². The van der Waals surface area contributed by atoms with Crippen molar-refractivity contribution >= 4 is 11.8 Å². The maximum Gasteiger partial charge on any atom is 0.319 e. The van der Waals surface area contributed by atoms with E-state index in [0.717, 1.165) is 25.7 Å². The van der Waals surface area contributed by atoms with Crippen molar-refractivity contribution in [3.63, 3.8) is 0 Å². The van der Waals surface area contributed by atoms with Gasteiger partial charge in [-0.3, -0.25) is 9.59 Å². The summed E-state index contributed by atoms with van der Waals surface area (Å²) in [6.07, 6.45) is 6.06. The number of ketones is 1. The lowest BCUT2D eigenvalue weighted by Gasteiger charge is -2.31. The summed E-state index contributed by atoms with van der Waals surface area (Å²) in [6.45, 7) is 4.02. The van der Waals surface area contributed by atoms with Crippen molar-refractivity contribution in [2.75, 3.05) is 13.2 Å². The minimum atomic E-state index is -1.29. The number of carboxylic acid groups (broad SMARTS) is 1. The predicted molar refractivity (Wildman–Crippen MR) is 63.8 cm³/mol. The first-order valence-corrected chi connectivity index (χ1v) is 6.09. The van der Waals surface area contributed by atoms with Gasteiger partial charge in [-0.2, -0.15) is 0 Å². The van der Waals surface area contributed by atoms with Gasteiger partial charge in [-0.05, 0) is 19.3 Å². The Bertz CT molecular complexity index is 298. The number of hydrogen-bond acceptors (Lipinski definition) is 3. The van der Waals surface area contributed by atoms with Gasteiger partial charge in [0.05, 0.1) is 13.2 Å². The third-order valence-corrected chi connectivity index (χ3v) is 3.28. The van der Waals surface area contributed by atoms with Crippen LogP contribution in [-0.2, 0) is 14.3 Å². The predicted octanol–water partition coefficient (Wildman–Crippen LogP) is 2.18. The third-order valence-electron chi connectivity index (χ3n) is 3.28. The fourth-order valence-corrected chi connectivity index (χ4v) is 2.12. The van der Waals surface area contributed by atoms with E-state index in [0.29, 0.717) is 13.0 Å². The number of hydrogen-bond donors (Lipinski definition) is 1. The first kappa shape index (κ1) is 13.9. The van der Waals surface area contributed by atoms with Gasteiger partial charge in [0.15, 0.2) is 5.78 Å². The quantitative estimate of drug-likeness (QED) is 0.421. The first-order valence-electron chi connectivity index (χ1n) is 6.09. The van der Waals surface area contributed by atoms with Crippen LogP contribution in [0, 0.1) is 5.41 Å². The highest BCUT2D eigenvalue weighted by Crippen LogP contribution is 2.31. The second-order valence-electron chi connectivity index (χ2n) is 4.50. The van der Waals surface area contributed by atoms with E-state index in [1.54, 1.807) is 0 Å². The number of unbranched alkanes of at least 4 members (excludes halogenated alkanes) is 3. The fraction of sp³-hybridized carbons (Fsp3) is 0.692. The van der Waals surface area contributed by atoms with Crippen LogP contribution in [0.15, 0.2) is 12.7 Å². The monoisotopic (exact) mass is 240 g/mol. The Morgan fingerprint density at radius 3 is 2.82 bits per heavy atom. The molecule has 1 rings (SSSR count). The highest BCUT2D eigenvalue weighted by Gasteiger charge is 2.47. The lowest BCUT2D eigenvalue weighted by molar-refractivity contribution is -0.165. The van der Waals surface area contributed by atoms with E-state index in [-0.39, 0.29) is 18.8 Å². The van der Waals surface area contributed by atoms with E-state index < -0.39 is 11.4 Å². The Balaban J connectivity index is 2.50. The summed E-state index contributed by atoms with van der Waals surface area (Å²) in [4.78, 5) is 23.1. The van der Waals surface area contributed by atoms with Crippen molar-refractivity contribution < 1.29 is 19.4 Å². The van der Waals surface area contributed by atoms with Gasteiger partial charge in [0, 0.05) is 6.42 Å². The van der Waals surface area contributed by atoms with Crippen molar-refractivity contribution in [2.24, 2.45) is 5.41 Å². The molecule has 4 heteroatoms. The summed E-state index contributed by atoms with van der Waals surface area (Å²) in [5.41, 5.74) is -1.29. The van der Waals surface area contributed by atoms with E-state index in [4.69, 9.17) is 4.74 Å². The molecule has 17 heavy (non-hydrogen) atoms. The van der Waals surface area contributed by atoms with Gasteiger partial charge in [-0.25, -0.2) is 0 Å². The summed E-state index contributed by atoms with van der Waals surface area (Å²) in [7, 11) is 0. The molecule has 0 bridgehead atoms. The standard InChI is InChI=1S/C13H20O4/c1-2-3-4-5-6-8-13(12(15)16)10-17-9-7-11(13)14/h2H,1,3-10H2,(H,15,16). The smallest absolute Gasteiger partial charge is 0.319 e. The van der Waals surface area contributed by atoms with Gasteiger partial charge in [0.25, 0.3) is 0 Å². The molecule has 0 amide bonds. The van der Waals surface area contributed by atoms with E-state index in [9.17, 15) is 14.7 Å². The molecular formula is C13H20O4. The fourth-order valence-electron chi connectivity index (χ4n) is 2.12. The third kappa shape index (κ3) is 3.40. The molecule has 0 aromatic rings. The summed E-state index contributed by atoms with van der Waals surface area (Å²) >= 11 is 0. The average Bonchev–Trinajstić information content (AvgIpc) is 2.31. The average molecular weight is 240 g/mol.